The summed E-state index contributed by atoms with van der Waals surface area (Å²) < 4.78 is 26.5. The zero-order valence-electron chi connectivity index (χ0n) is 10.5. The van der Waals surface area contributed by atoms with Crippen LogP contribution in [0.4, 0.5) is 5.69 Å². The summed E-state index contributed by atoms with van der Waals surface area (Å²) in [7, 11) is -3.95. The number of nitrogen functional groups attached to an aromatic ring is 1. The summed E-state index contributed by atoms with van der Waals surface area (Å²) in [5.74, 6) is -0.218. The third-order valence-electron chi connectivity index (χ3n) is 2.94. The number of aromatic hydroxyl groups is 1. The maximum atomic E-state index is 12.1. The lowest BCUT2D eigenvalue weighted by Gasteiger charge is -2.29. The minimum absolute atomic E-state index is 0.0713. The lowest BCUT2D eigenvalue weighted by atomic mass is 10.0. The molecule has 6 N–H and O–H groups in total. The molecule has 108 valence electrons. The summed E-state index contributed by atoms with van der Waals surface area (Å²) in [5.41, 5.74) is 4.04. The molecule has 8 heteroatoms. The fraction of sp³-hybridized carbons (Fsp3) is 0.455. The molecule has 0 aliphatic rings. The molecule has 0 spiro atoms. The van der Waals surface area contributed by atoms with Gasteiger partial charge in [-0.1, -0.05) is 6.92 Å². The van der Waals surface area contributed by atoms with Gasteiger partial charge in [-0.15, -0.1) is 0 Å². The van der Waals surface area contributed by atoms with Gasteiger partial charge < -0.3 is 21.1 Å². The lowest BCUT2D eigenvalue weighted by Crippen LogP contribution is -2.53. The highest BCUT2D eigenvalue weighted by molar-refractivity contribution is 7.89. The summed E-state index contributed by atoms with van der Waals surface area (Å²) in [6.07, 6.45) is 0.215. The van der Waals surface area contributed by atoms with Crippen LogP contribution in [-0.2, 0) is 10.0 Å². The highest BCUT2D eigenvalue weighted by atomic mass is 32.2. The molecule has 0 heterocycles. The SMILES string of the molecule is CCC(CO)(CO)NS(=O)(=O)c1ccc(O)c(N)c1. The van der Waals surface area contributed by atoms with Crippen LogP contribution in [-0.4, -0.2) is 42.5 Å². The number of sulfonamides is 1. The first-order chi connectivity index (χ1) is 8.80. The number of nitrogens with one attached hydrogen (secondary N) is 1. The fourth-order valence-corrected chi connectivity index (χ4v) is 2.94. The van der Waals surface area contributed by atoms with E-state index in [1.807, 2.05) is 0 Å². The van der Waals surface area contributed by atoms with E-state index in [-0.39, 0.29) is 22.8 Å². The Hall–Kier alpha value is -1.35. The second kappa shape index (κ2) is 5.74. The normalized spacial score (nSPS) is 12.6. The zero-order valence-corrected chi connectivity index (χ0v) is 11.3. The van der Waals surface area contributed by atoms with Crippen LogP contribution in [0.25, 0.3) is 0 Å². The molecule has 0 radical (unpaired) electrons. The van der Waals surface area contributed by atoms with Gasteiger partial charge in [-0.2, -0.15) is 0 Å². The minimum Gasteiger partial charge on any atom is -0.506 e. The van der Waals surface area contributed by atoms with E-state index in [4.69, 9.17) is 5.73 Å². The van der Waals surface area contributed by atoms with Gasteiger partial charge in [-0.25, -0.2) is 13.1 Å². The van der Waals surface area contributed by atoms with E-state index in [9.17, 15) is 23.7 Å². The Labute approximate surface area is 111 Å². The monoisotopic (exact) mass is 290 g/mol. The highest BCUT2D eigenvalue weighted by Crippen LogP contribution is 2.24. The van der Waals surface area contributed by atoms with Crippen molar-refractivity contribution in [1.82, 2.24) is 4.72 Å². The molecule has 0 bridgehead atoms. The second-order valence-electron chi connectivity index (χ2n) is 4.28. The van der Waals surface area contributed by atoms with E-state index in [1.165, 1.54) is 6.07 Å². The van der Waals surface area contributed by atoms with Crippen molar-refractivity contribution in [3.63, 3.8) is 0 Å². The number of benzene rings is 1. The number of aliphatic hydroxyl groups excluding tert-OH is 2. The molecule has 1 aromatic rings. The number of nitrogens with two attached hydrogens (primary N) is 1. The van der Waals surface area contributed by atoms with Crippen molar-refractivity contribution in [2.24, 2.45) is 0 Å². The molecule has 19 heavy (non-hydrogen) atoms. The number of hydrogen-bond donors (Lipinski definition) is 5. The van der Waals surface area contributed by atoms with Crippen LogP contribution in [0.5, 0.6) is 5.75 Å². The second-order valence-corrected chi connectivity index (χ2v) is 5.96. The number of rotatable bonds is 6. The highest BCUT2D eigenvalue weighted by Gasteiger charge is 2.32. The topological polar surface area (TPSA) is 133 Å². The van der Waals surface area contributed by atoms with Gasteiger partial charge in [0.2, 0.25) is 10.0 Å². The molecule has 1 rings (SSSR count). The predicted molar refractivity (Wildman–Crippen MR) is 70.0 cm³/mol. The van der Waals surface area contributed by atoms with Crippen molar-refractivity contribution in [2.45, 2.75) is 23.8 Å². The molecule has 0 saturated carbocycles. The maximum Gasteiger partial charge on any atom is 0.241 e. The van der Waals surface area contributed by atoms with Crippen molar-refractivity contribution in [3.8, 4) is 5.75 Å². The van der Waals surface area contributed by atoms with Gasteiger partial charge in [-0.05, 0) is 24.6 Å². The third-order valence-corrected chi connectivity index (χ3v) is 4.52. The molecule has 0 unspecified atom stereocenters. The van der Waals surface area contributed by atoms with Crippen molar-refractivity contribution in [2.75, 3.05) is 18.9 Å². The Morgan fingerprint density at radius 1 is 1.32 bits per heavy atom. The van der Waals surface area contributed by atoms with Crippen LogP contribution >= 0.6 is 0 Å². The van der Waals surface area contributed by atoms with E-state index in [0.29, 0.717) is 0 Å². The van der Waals surface area contributed by atoms with Crippen molar-refractivity contribution >= 4 is 15.7 Å². The number of hydrogen-bond acceptors (Lipinski definition) is 6. The lowest BCUT2D eigenvalue weighted by molar-refractivity contribution is 0.105. The van der Waals surface area contributed by atoms with Gasteiger partial charge in [0.15, 0.2) is 0 Å². The summed E-state index contributed by atoms with van der Waals surface area (Å²) in [4.78, 5) is -0.150. The molecule has 0 aliphatic heterocycles. The minimum atomic E-state index is -3.95. The van der Waals surface area contributed by atoms with Crippen LogP contribution in [0.1, 0.15) is 13.3 Å². The quantitative estimate of drug-likeness (QED) is 0.350. The van der Waals surface area contributed by atoms with Crippen molar-refractivity contribution < 1.29 is 23.7 Å². The molecule has 1 aromatic carbocycles. The van der Waals surface area contributed by atoms with Gasteiger partial charge in [0, 0.05) is 0 Å². The van der Waals surface area contributed by atoms with Crippen LogP contribution < -0.4 is 10.5 Å². The molecule has 0 atom stereocenters. The Kier molecular flexibility index (Phi) is 4.75. The van der Waals surface area contributed by atoms with Crippen molar-refractivity contribution in [3.05, 3.63) is 18.2 Å². The van der Waals surface area contributed by atoms with Crippen LogP contribution in [0, 0.1) is 0 Å². The van der Waals surface area contributed by atoms with Crippen LogP contribution in [0.15, 0.2) is 23.1 Å². The Morgan fingerprint density at radius 2 is 1.89 bits per heavy atom. The maximum absolute atomic E-state index is 12.1. The Bertz CT molecular complexity index is 532. The van der Waals surface area contributed by atoms with Gasteiger partial charge in [-0.3, -0.25) is 0 Å². The first-order valence-electron chi connectivity index (χ1n) is 5.64. The van der Waals surface area contributed by atoms with Gasteiger partial charge in [0.25, 0.3) is 0 Å². The molecule has 0 aromatic heterocycles. The van der Waals surface area contributed by atoms with E-state index in [1.54, 1.807) is 6.92 Å². The zero-order chi connectivity index (χ0) is 14.7. The van der Waals surface area contributed by atoms with Gasteiger partial charge in [0.05, 0.1) is 29.3 Å². The van der Waals surface area contributed by atoms with Crippen molar-refractivity contribution in [1.29, 1.82) is 0 Å². The van der Waals surface area contributed by atoms with Crippen LogP contribution in [0.3, 0.4) is 0 Å². The fourth-order valence-electron chi connectivity index (χ4n) is 1.45. The van der Waals surface area contributed by atoms with E-state index >= 15 is 0 Å². The molecular formula is C11H18N2O5S. The Balaban J connectivity index is 3.14. The molecule has 0 saturated heterocycles. The molecule has 0 amide bonds. The van der Waals surface area contributed by atoms with E-state index < -0.39 is 28.8 Å². The average Bonchev–Trinajstić information content (AvgIpc) is 2.39. The average molecular weight is 290 g/mol. The standard InChI is InChI=1S/C11H18N2O5S/c1-2-11(6-14,7-15)13-19(17,18)8-3-4-10(16)9(12)5-8/h3-5,13-16H,2,6-7,12H2,1H3. The first kappa shape index (κ1) is 15.7. The number of phenols is 1. The third kappa shape index (κ3) is 3.35. The smallest absolute Gasteiger partial charge is 0.241 e. The molecule has 7 nitrogen and oxygen atoms in total. The van der Waals surface area contributed by atoms with Gasteiger partial charge in [0.1, 0.15) is 5.75 Å². The summed E-state index contributed by atoms with van der Waals surface area (Å²) in [6.45, 7) is 0.569. The number of phenolic OH excluding ortho intramolecular Hbond substituents is 1. The molecule has 0 aliphatic carbocycles. The van der Waals surface area contributed by atoms with E-state index in [2.05, 4.69) is 4.72 Å². The Morgan fingerprint density at radius 3 is 2.32 bits per heavy atom. The first-order valence-corrected chi connectivity index (χ1v) is 7.13. The van der Waals surface area contributed by atoms with E-state index in [0.717, 1.165) is 12.1 Å². The summed E-state index contributed by atoms with van der Waals surface area (Å²) >= 11 is 0. The molecular weight excluding hydrogens is 272 g/mol. The summed E-state index contributed by atoms with van der Waals surface area (Å²) in [5, 5.41) is 27.7. The predicted octanol–water partition coefficient (Wildman–Crippen LogP) is -0.614. The largest absolute Gasteiger partial charge is 0.506 e. The number of aliphatic hydroxyl groups is 2. The molecule has 0 fully saturated rings. The van der Waals surface area contributed by atoms with Crippen LogP contribution in [0.2, 0.25) is 0 Å². The number of anilines is 1. The summed E-state index contributed by atoms with van der Waals surface area (Å²) in [6, 6.07) is 3.45. The van der Waals surface area contributed by atoms with Gasteiger partial charge >= 0.3 is 0 Å².